The Morgan fingerprint density at radius 1 is 1.25 bits per heavy atom. The molecule has 1 atom stereocenters. The quantitative estimate of drug-likeness (QED) is 0.759. The number of rotatable bonds is 4. The van der Waals surface area contributed by atoms with Crippen LogP contribution in [0.4, 0.5) is 0 Å². The van der Waals surface area contributed by atoms with Gasteiger partial charge in [0, 0.05) is 16.5 Å². The lowest BCUT2D eigenvalue weighted by molar-refractivity contribution is 0.643. The Morgan fingerprint density at radius 3 is 2.90 bits per heavy atom. The molecular formula is C16H15ClN2S. The summed E-state index contributed by atoms with van der Waals surface area (Å²) < 4.78 is 0. The van der Waals surface area contributed by atoms with E-state index in [-0.39, 0.29) is 6.04 Å². The molecule has 0 fully saturated rings. The van der Waals surface area contributed by atoms with Gasteiger partial charge in [0.1, 0.15) is 0 Å². The molecule has 2 heterocycles. The molecule has 0 aliphatic heterocycles. The molecule has 1 unspecified atom stereocenters. The van der Waals surface area contributed by atoms with Gasteiger partial charge in [0.05, 0.1) is 16.6 Å². The topological polar surface area (TPSA) is 24.9 Å². The van der Waals surface area contributed by atoms with E-state index >= 15 is 0 Å². The summed E-state index contributed by atoms with van der Waals surface area (Å²) >= 11 is 8.01. The van der Waals surface area contributed by atoms with Gasteiger partial charge in [0.25, 0.3) is 0 Å². The monoisotopic (exact) mass is 302 g/mol. The summed E-state index contributed by atoms with van der Waals surface area (Å²) in [7, 11) is 0. The summed E-state index contributed by atoms with van der Waals surface area (Å²) in [4.78, 5) is 5.59. The van der Waals surface area contributed by atoms with E-state index in [2.05, 4.69) is 35.4 Å². The van der Waals surface area contributed by atoms with Gasteiger partial charge in [0.15, 0.2) is 0 Å². The average Bonchev–Trinajstić information content (AvgIpc) is 2.90. The normalized spacial score (nSPS) is 12.7. The molecule has 0 spiro atoms. The van der Waals surface area contributed by atoms with Crippen molar-refractivity contribution in [2.75, 3.05) is 6.54 Å². The molecule has 20 heavy (non-hydrogen) atoms. The van der Waals surface area contributed by atoms with Crippen LogP contribution in [0.15, 0.2) is 48.0 Å². The number of hydrogen-bond acceptors (Lipinski definition) is 3. The van der Waals surface area contributed by atoms with Gasteiger partial charge >= 0.3 is 0 Å². The number of halogens is 1. The molecule has 0 bridgehead atoms. The van der Waals surface area contributed by atoms with Crippen LogP contribution in [0.2, 0.25) is 5.02 Å². The number of nitrogens with zero attached hydrogens (tertiary/aromatic N) is 1. The first-order valence-electron chi connectivity index (χ1n) is 6.61. The Balaban J connectivity index is 2.17. The Bertz CT molecular complexity index is 718. The molecule has 3 rings (SSSR count). The lowest BCUT2D eigenvalue weighted by atomic mass is 10.00. The zero-order valence-electron chi connectivity index (χ0n) is 11.1. The molecule has 0 aliphatic rings. The van der Waals surface area contributed by atoms with Crippen molar-refractivity contribution in [2.24, 2.45) is 0 Å². The summed E-state index contributed by atoms with van der Waals surface area (Å²) in [6.45, 7) is 2.99. The molecule has 2 aromatic heterocycles. The first-order valence-corrected chi connectivity index (χ1v) is 7.87. The van der Waals surface area contributed by atoms with Crippen molar-refractivity contribution < 1.29 is 0 Å². The molecule has 0 radical (unpaired) electrons. The van der Waals surface area contributed by atoms with Gasteiger partial charge < -0.3 is 5.32 Å². The van der Waals surface area contributed by atoms with Crippen LogP contribution >= 0.6 is 22.9 Å². The van der Waals surface area contributed by atoms with Gasteiger partial charge in [-0.3, -0.25) is 4.98 Å². The predicted octanol–water partition coefficient (Wildman–Crippen LogP) is 4.65. The highest BCUT2D eigenvalue weighted by Crippen LogP contribution is 2.35. The largest absolute Gasteiger partial charge is 0.306 e. The molecule has 2 nitrogen and oxygen atoms in total. The zero-order valence-corrected chi connectivity index (χ0v) is 12.7. The van der Waals surface area contributed by atoms with Crippen molar-refractivity contribution in [3.63, 3.8) is 0 Å². The van der Waals surface area contributed by atoms with Gasteiger partial charge in [0.2, 0.25) is 0 Å². The Morgan fingerprint density at radius 2 is 2.15 bits per heavy atom. The van der Waals surface area contributed by atoms with Crippen LogP contribution < -0.4 is 5.32 Å². The van der Waals surface area contributed by atoms with Crippen LogP contribution in [0.5, 0.6) is 0 Å². The number of hydrogen-bond donors (Lipinski definition) is 1. The van der Waals surface area contributed by atoms with Crippen molar-refractivity contribution in [3.8, 4) is 0 Å². The highest BCUT2D eigenvalue weighted by Gasteiger charge is 2.19. The van der Waals surface area contributed by atoms with E-state index < -0.39 is 0 Å². The van der Waals surface area contributed by atoms with Crippen LogP contribution in [0, 0.1) is 0 Å². The summed E-state index contributed by atoms with van der Waals surface area (Å²) in [5.74, 6) is 0. The summed E-state index contributed by atoms with van der Waals surface area (Å²) in [6.07, 6.45) is 1.83. The molecule has 1 aromatic carbocycles. The number of fused-ring (bicyclic) bond motifs is 1. The predicted molar refractivity (Wildman–Crippen MR) is 86.6 cm³/mol. The van der Waals surface area contributed by atoms with E-state index in [1.165, 1.54) is 10.9 Å². The first-order chi connectivity index (χ1) is 9.81. The summed E-state index contributed by atoms with van der Waals surface area (Å²) in [5, 5.41) is 7.56. The summed E-state index contributed by atoms with van der Waals surface area (Å²) in [6, 6.07) is 12.4. The zero-order chi connectivity index (χ0) is 13.9. The number of thiophene rings is 1. The number of aromatic nitrogens is 1. The number of nitrogens with one attached hydrogen (secondary N) is 1. The number of pyridine rings is 1. The third-order valence-electron chi connectivity index (χ3n) is 3.31. The van der Waals surface area contributed by atoms with Gasteiger partial charge in [-0.15, -0.1) is 11.3 Å². The van der Waals surface area contributed by atoms with Gasteiger partial charge in [-0.1, -0.05) is 36.7 Å². The Labute approximate surface area is 127 Å². The van der Waals surface area contributed by atoms with Crippen LogP contribution in [-0.4, -0.2) is 11.5 Å². The van der Waals surface area contributed by atoms with E-state index in [1.54, 1.807) is 11.3 Å². The molecule has 0 saturated carbocycles. The third-order valence-corrected chi connectivity index (χ3v) is 4.73. The van der Waals surface area contributed by atoms with Crippen molar-refractivity contribution in [3.05, 3.63) is 63.4 Å². The van der Waals surface area contributed by atoms with Gasteiger partial charge in [-0.05, 0) is 35.7 Å². The smallest absolute Gasteiger partial charge is 0.0705 e. The minimum absolute atomic E-state index is 0.111. The fraction of sp³-hybridized carbons (Fsp3) is 0.188. The maximum Gasteiger partial charge on any atom is 0.0705 e. The lowest BCUT2D eigenvalue weighted by Crippen LogP contribution is -2.21. The van der Waals surface area contributed by atoms with Gasteiger partial charge in [-0.25, -0.2) is 0 Å². The Kier molecular flexibility index (Phi) is 4.01. The molecule has 0 saturated heterocycles. The first kappa shape index (κ1) is 13.6. The van der Waals surface area contributed by atoms with Crippen molar-refractivity contribution in [1.82, 2.24) is 10.3 Å². The van der Waals surface area contributed by atoms with Crippen molar-refractivity contribution >= 4 is 33.8 Å². The highest BCUT2D eigenvalue weighted by atomic mass is 35.5. The molecule has 1 N–H and O–H groups in total. The number of benzene rings is 1. The van der Waals surface area contributed by atoms with Gasteiger partial charge in [-0.2, -0.15) is 0 Å². The summed E-state index contributed by atoms with van der Waals surface area (Å²) in [5.41, 5.74) is 2.24. The van der Waals surface area contributed by atoms with E-state index in [1.807, 2.05) is 29.8 Å². The SMILES string of the molecule is CCNC(c1sccc1Cl)c1cccc2ncccc12. The highest BCUT2D eigenvalue weighted by molar-refractivity contribution is 7.10. The van der Waals surface area contributed by atoms with E-state index in [9.17, 15) is 0 Å². The van der Waals surface area contributed by atoms with Crippen LogP contribution in [0.1, 0.15) is 23.4 Å². The Hall–Kier alpha value is -1.42. The maximum absolute atomic E-state index is 6.33. The van der Waals surface area contributed by atoms with Crippen LogP contribution in [0.25, 0.3) is 10.9 Å². The molecule has 4 heteroatoms. The second kappa shape index (κ2) is 5.92. The van der Waals surface area contributed by atoms with Crippen molar-refractivity contribution in [1.29, 1.82) is 0 Å². The van der Waals surface area contributed by atoms with Crippen molar-refractivity contribution in [2.45, 2.75) is 13.0 Å². The third kappa shape index (κ3) is 2.44. The minimum atomic E-state index is 0.111. The van der Waals surface area contributed by atoms with E-state index in [0.29, 0.717) is 0 Å². The molecule has 3 aromatic rings. The second-order valence-corrected chi connectivity index (χ2v) is 5.90. The van der Waals surface area contributed by atoms with E-state index in [0.717, 1.165) is 22.0 Å². The standard InChI is InChI=1S/C16H15ClN2S/c1-2-18-15(16-13(17)8-10-20-16)12-5-3-7-14-11(12)6-4-9-19-14/h3-10,15,18H,2H2,1H3. The molecule has 0 aliphatic carbocycles. The second-order valence-electron chi connectivity index (χ2n) is 4.54. The minimum Gasteiger partial charge on any atom is -0.306 e. The molecule has 0 amide bonds. The van der Waals surface area contributed by atoms with Crippen LogP contribution in [-0.2, 0) is 0 Å². The molecular weight excluding hydrogens is 288 g/mol. The maximum atomic E-state index is 6.33. The molecule has 102 valence electrons. The van der Waals surface area contributed by atoms with Crippen LogP contribution in [0.3, 0.4) is 0 Å². The average molecular weight is 303 g/mol. The fourth-order valence-corrected chi connectivity index (χ4v) is 3.70. The van der Waals surface area contributed by atoms with E-state index in [4.69, 9.17) is 11.6 Å². The lowest BCUT2D eigenvalue weighted by Gasteiger charge is -2.19. The fourth-order valence-electron chi connectivity index (χ4n) is 2.44.